The molecule has 1 fully saturated rings. The molecule has 6 nitrogen and oxygen atoms in total. The number of phenols is 1. The Labute approximate surface area is 173 Å². The van der Waals surface area contributed by atoms with Crippen molar-refractivity contribution in [3.05, 3.63) is 23.8 Å². The normalized spacial score (nSPS) is 15.7. The van der Waals surface area contributed by atoms with Crippen LogP contribution in [0, 0.1) is 0 Å². The van der Waals surface area contributed by atoms with Crippen LogP contribution in [0.3, 0.4) is 0 Å². The largest absolute Gasteiger partial charge is 0.508 e. The van der Waals surface area contributed by atoms with Crippen LogP contribution < -0.4 is 15.4 Å². The minimum atomic E-state index is 0. The second-order valence-electron chi connectivity index (χ2n) is 6.33. The number of methoxy groups -OCH3 is 1. The standard InChI is InChI=1S/C19H31N3O3.HI/c1-20-19(21-11-12-25-16-7-5-3-4-6-8-16)22-14-15-13-17(24-2)9-10-18(15)23;/h9-10,13,16,23H,3-8,11-12,14H2,1-2H3,(H2,20,21,22);1H. The van der Waals surface area contributed by atoms with E-state index < -0.39 is 0 Å². The van der Waals surface area contributed by atoms with Crippen LogP contribution in [0.2, 0.25) is 0 Å². The van der Waals surface area contributed by atoms with E-state index in [9.17, 15) is 5.11 Å². The number of hydrogen-bond acceptors (Lipinski definition) is 4. The summed E-state index contributed by atoms with van der Waals surface area (Å²) in [7, 11) is 3.34. The number of benzene rings is 1. The zero-order valence-electron chi connectivity index (χ0n) is 15.8. The first kappa shape index (κ1) is 22.8. The Kier molecular flexibility index (Phi) is 11.4. The van der Waals surface area contributed by atoms with Crippen LogP contribution in [0.15, 0.2) is 23.2 Å². The maximum Gasteiger partial charge on any atom is 0.191 e. The zero-order valence-corrected chi connectivity index (χ0v) is 18.1. The van der Waals surface area contributed by atoms with Gasteiger partial charge in [0, 0.05) is 25.7 Å². The van der Waals surface area contributed by atoms with E-state index in [0.717, 1.165) is 5.56 Å². The third kappa shape index (κ3) is 7.99. The summed E-state index contributed by atoms with van der Waals surface area (Å²) >= 11 is 0. The van der Waals surface area contributed by atoms with Crippen LogP contribution in [0.25, 0.3) is 0 Å². The molecule has 2 rings (SSSR count). The SMILES string of the molecule is CN=C(NCCOC1CCCCCC1)NCc1cc(OC)ccc1O.I. The molecule has 0 aromatic heterocycles. The average molecular weight is 477 g/mol. The first-order valence-electron chi connectivity index (χ1n) is 9.15. The minimum absolute atomic E-state index is 0. The van der Waals surface area contributed by atoms with Crippen molar-refractivity contribution in [2.45, 2.75) is 51.2 Å². The van der Waals surface area contributed by atoms with Crippen LogP contribution in [-0.4, -0.2) is 44.5 Å². The van der Waals surface area contributed by atoms with Crippen molar-refractivity contribution in [2.75, 3.05) is 27.3 Å². The van der Waals surface area contributed by atoms with E-state index in [0.29, 0.717) is 37.5 Å². The summed E-state index contributed by atoms with van der Waals surface area (Å²) < 4.78 is 11.2. The number of hydrogen-bond donors (Lipinski definition) is 3. The van der Waals surface area contributed by atoms with E-state index in [2.05, 4.69) is 15.6 Å². The van der Waals surface area contributed by atoms with Gasteiger partial charge in [-0.25, -0.2) is 0 Å². The maximum absolute atomic E-state index is 9.92. The van der Waals surface area contributed by atoms with Crippen LogP contribution in [-0.2, 0) is 11.3 Å². The fourth-order valence-electron chi connectivity index (χ4n) is 3.03. The van der Waals surface area contributed by atoms with Crippen LogP contribution in [0.1, 0.15) is 44.1 Å². The molecule has 0 aliphatic heterocycles. The molecule has 0 radical (unpaired) electrons. The Bertz CT molecular complexity index is 547. The molecule has 26 heavy (non-hydrogen) atoms. The molecular formula is C19H32IN3O3. The maximum atomic E-state index is 9.92. The highest BCUT2D eigenvalue weighted by Crippen LogP contribution is 2.22. The number of rotatable bonds is 7. The number of phenolic OH excluding ortho intramolecular Hbond substituents is 1. The van der Waals surface area contributed by atoms with Crippen molar-refractivity contribution in [3.8, 4) is 11.5 Å². The molecule has 0 spiro atoms. The highest BCUT2D eigenvalue weighted by atomic mass is 127. The van der Waals surface area contributed by atoms with Crippen molar-refractivity contribution in [1.29, 1.82) is 0 Å². The molecule has 1 aromatic carbocycles. The Morgan fingerprint density at radius 3 is 2.58 bits per heavy atom. The van der Waals surface area contributed by atoms with E-state index in [1.807, 2.05) is 6.07 Å². The lowest BCUT2D eigenvalue weighted by Crippen LogP contribution is -2.38. The van der Waals surface area contributed by atoms with Crippen LogP contribution in [0.5, 0.6) is 11.5 Å². The van der Waals surface area contributed by atoms with Gasteiger partial charge in [-0.05, 0) is 31.0 Å². The minimum Gasteiger partial charge on any atom is -0.508 e. The summed E-state index contributed by atoms with van der Waals surface area (Å²) in [5, 5.41) is 16.4. The molecule has 0 unspecified atom stereocenters. The summed E-state index contributed by atoms with van der Waals surface area (Å²) in [5.74, 6) is 1.64. The monoisotopic (exact) mass is 477 g/mol. The lowest BCUT2D eigenvalue weighted by Gasteiger charge is -2.17. The van der Waals surface area contributed by atoms with Crippen molar-refractivity contribution in [3.63, 3.8) is 0 Å². The van der Waals surface area contributed by atoms with Crippen molar-refractivity contribution in [1.82, 2.24) is 10.6 Å². The van der Waals surface area contributed by atoms with E-state index in [1.54, 1.807) is 26.3 Å². The lowest BCUT2D eigenvalue weighted by atomic mass is 10.1. The van der Waals surface area contributed by atoms with Gasteiger partial charge in [0.25, 0.3) is 0 Å². The topological polar surface area (TPSA) is 75.1 Å². The van der Waals surface area contributed by atoms with Gasteiger partial charge in [0.1, 0.15) is 11.5 Å². The Morgan fingerprint density at radius 2 is 1.92 bits per heavy atom. The molecule has 0 heterocycles. The molecule has 7 heteroatoms. The molecule has 1 aliphatic rings. The second-order valence-corrected chi connectivity index (χ2v) is 6.33. The van der Waals surface area contributed by atoms with Gasteiger partial charge in [0.2, 0.25) is 0 Å². The summed E-state index contributed by atoms with van der Waals surface area (Å²) in [5.41, 5.74) is 0.761. The molecule has 0 saturated heterocycles. The number of ether oxygens (including phenoxy) is 2. The van der Waals surface area contributed by atoms with Crippen molar-refractivity contribution >= 4 is 29.9 Å². The van der Waals surface area contributed by atoms with Crippen LogP contribution in [0.4, 0.5) is 0 Å². The van der Waals surface area contributed by atoms with Crippen molar-refractivity contribution in [2.24, 2.45) is 4.99 Å². The summed E-state index contributed by atoms with van der Waals surface area (Å²) in [6, 6.07) is 5.17. The Balaban J connectivity index is 0.00000338. The summed E-state index contributed by atoms with van der Waals surface area (Å²) in [4.78, 5) is 4.20. The smallest absolute Gasteiger partial charge is 0.191 e. The molecule has 1 saturated carbocycles. The Hall–Kier alpha value is -1.22. The highest BCUT2D eigenvalue weighted by molar-refractivity contribution is 14.0. The number of aliphatic imine (C=N–C) groups is 1. The fourth-order valence-corrected chi connectivity index (χ4v) is 3.03. The van der Waals surface area contributed by atoms with Gasteiger partial charge < -0.3 is 25.2 Å². The van der Waals surface area contributed by atoms with Gasteiger partial charge in [-0.1, -0.05) is 25.7 Å². The van der Waals surface area contributed by atoms with Gasteiger partial charge in [0.05, 0.1) is 19.8 Å². The molecule has 0 atom stereocenters. The number of halogens is 1. The van der Waals surface area contributed by atoms with Crippen LogP contribution >= 0.6 is 24.0 Å². The molecule has 1 aliphatic carbocycles. The number of nitrogens with one attached hydrogen (secondary N) is 2. The predicted octanol–water partition coefficient (Wildman–Crippen LogP) is 3.42. The zero-order chi connectivity index (χ0) is 17.9. The van der Waals surface area contributed by atoms with Gasteiger partial charge in [-0.2, -0.15) is 0 Å². The fraction of sp³-hybridized carbons (Fsp3) is 0.632. The molecule has 0 bridgehead atoms. The van der Waals surface area contributed by atoms with E-state index in [4.69, 9.17) is 9.47 Å². The lowest BCUT2D eigenvalue weighted by molar-refractivity contribution is 0.0468. The predicted molar refractivity (Wildman–Crippen MR) is 116 cm³/mol. The number of aromatic hydroxyl groups is 1. The van der Waals surface area contributed by atoms with E-state index in [-0.39, 0.29) is 29.7 Å². The second kappa shape index (κ2) is 13.0. The van der Waals surface area contributed by atoms with E-state index >= 15 is 0 Å². The molecule has 148 valence electrons. The van der Waals surface area contributed by atoms with Gasteiger partial charge in [-0.15, -0.1) is 24.0 Å². The third-order valence-corrected chi connectivity index (χ3v) is 4.51. The number of nitrogens with zero attached hydrogens (tertiary/aromatic N) is 1. The van der Waals surface area contributed by atoms with Crippen molar-refractivity contribution < 1.29 is 14.6 Å². The average Bonchev–Trinajstić information content (AvgIpc) is 2.91. The first-order valence-corrected chi connectivity index (χ1v) is 9.15. The van der Waals surface area contributed by atoms with Gasteiger partial charge >= 0.3 is 0 Å². The highest BCUT2D eigenvalue weighted by Gasteiger charge is 2.12. The summed E-state index contributed by atoms with van der Waals surface area (Å²) in [6.45, 7) is 1.85. The van der Waals surface area contributed by atoms with E-state index in [1.165, 1.54) is 38.5 Å². The summed E-state index contributed by atoms with van der Waals surface area (Å²) in [6.07, 6.45) is 8.02. The van der Waals surface area contributed by atoms with Gasteiger partial charge in [-0.3, -0.25) is 4.99 Å². The third-order valence-electron chi connectivity index (χ3n) is 4.51. The molecule has 3 N–H and O–H groups in total. The molecular weight excluding hydrogens is 445 g/mol. The first-order chi connectivity index (χ1) is 12.2. The number of guanidine groups is 1. The molecule has 0 amide bonds. The Morgan fingerprint density at radius 1 is 1.19 bits per heavy atom. The quantitative estimate of drug-likeness (QED) is 0.185. The molecule has 1 aromatic rings. The van der Waals surface area contributed by atoms with Gasteiger partial charge in [0.15, 0.2) is 5.96 Å².